The number of rotatable bonds is 5. The number of nitrogens with one attached hydrogen (secondary N) is 1. The minimum absolute atomic E-state index is 0.109. The lowest BCUT2D eigenvalue weighted by atomic mass is 10.0. The monoisotopic (exact) mass is 441 g/mol. The van der Waals surface area contributed by atoms with Crippen molar-refractivity contribution in [3.05, 3.63) is 81.3 Å². The summed E-state index contributed by atoms with van der Waals surface area (Å²) in [6, 6.07) is 16.6. The van der Waals surface area contributed by atoms with Crippen LogP contribution in [0.4, 0.5) is 5.13 Å². The van der Waals surface area contributed by atoms with Crippen molar-refractivity contribution in [2.45, 2.75) is 19.0 Å². The minimum Gasteiger partial charge on any atom is -0.322 e. The zero-order chi connectivity index (χ0) is 18.8. The second kappa shape index (κ2) is 7.62. The van der Waals surface area contributed by atoms with Gasteiger partial charge in [0, 0.05) is 18.5 Å². The first-order valence-electron chi connectivity index (χ1n) is 8.47. The van der Waals surface area contributed by atoms with Crippen molar-refractivity contribution in [3.8, 4) is 0 Å². The van der Waals surface area contributed by atoms with E-state index in [1.807, 2.05) is 54.6 Å². The standard InChI is InChI=1S/C20H16BrN3O2S/c21-17-11-22-20(27-17)23-18(25)16(10-13-6-2-1-3-7-13)24-12-14-8-4-5-9-15(14)19(24)26/h1-9,11,16H,10,12H2,(H,22,23,25). The lowest BCUT2D eigenvalue weighted by molar-refractivity contribution is -0.120. The third-order valence-corrected chi connectivity index (χ3v) is 5.90. The van der Waals surface area contributed by atoms with Crippen molar-refractivity contribution in [2.75, 3.05) is 5.32 Å². The van der Waals surface area contributed by atoms with Crippen LogP contribution in [-0.4, -0.2) is 27.7 Å². The van der Waals surface area contributed by atoms with Crippen LogP contribution >= 0.6 is 27.3 Å². The first-order valence-corrected chi connectivity index (χ1v) is 10.1. The molecular formula is C20H16BrN3O2S. The lowest BCUT2D eigenvalue weighted by Crippen LogP contribution is -2.45. The van der Waals surface area contributed by atoms with Crippen LogP contribution < -0.4 is 5.32 Å². The molecule has 1 aliphatic rings. The Morgan fingerprint density at radius 3 is 2.63 bits per heavy atom. The fourth-order valence-corrected chi connectivity index (χ4v) is 4.32. The van der Waals surface area contributed by atoms with Gasteiger partial charge in [0.2, 0.25) is 5.91 Å². The van der Waals surface area contributed by atoms with Crippen LogP contribution in [0.3, 0.4) is 0 Å². The Balaban J connectivity index is 1.62. The Labute approximate surface area is 169 Å². The zero-order valence-electron chi connectivity index (χ0n) is 14.3. The third kappa shape index (κ3) is 3.79. The lowest BCUT2D eigenvalue weighted by Gasteiger charge is -2.26. The van der Waals surface area contributed by atoms with Gasteiger partial charge in [0.15, 0.2) is 5.13 Å². The molecule has 136 valence electrons. The number of carbonyl (C=O) groups excluding carboxylic acids is 2. The van der Waals surface area contributed by atoms with Gasteiger partial charge in [-0.1, -0.05) is 59.9 Å². The van der Waals surface area contributed by atoms with Crippen LogP contribution in [0.1, 0.15) is 21.5 Å². The number of hydrogen-bond donors (Lipinski definition) is 1. The van der Waals surface area contributed by atoms with Crippen molar-refractivity contribution >= 4 is 44.2 Å². The molecular weight excluding hydrogens is 426 g/mol. The summed E-state index contributed by atoms with van der Waals surface area (Å²) in [6.45, 7) is 0.432. The molecule has 7 heteroatoms. The van der Waals surface area contributed by atoms with Crippen LogP contribution in [0.5, 0.6) is 0 Å². The molecule has 3 aromatic rings. The number of benzene rings is 2. The smallest absolute Gasteiger partial charge is 0.255 e. The molecule has 0 radical (unpaired) electrons. The van der Waals surface area contributed by atoms with Crippen LogP contribution in [0.15, 0.2) is 64.6 Å². The van der Waals surface area contributed by atoms with E-state index in [0.717, 1.165) is 14.9 Å². The molecule has 1 unspecified atom stereocenters. The molecule has 5 nitrogen and oxygen atoms in total. The van der Waals surface area contributed by atoms with Crippen LogP contribution in [0.2, 0.25) is 0 Å². The van der Waals surface area contributed by atoms with E-state index in [1.165, 1.54) is 11.3 Å². The number of carbonyl (C=O) groups is 2. The third-order valence-electron chi connectivity index (χ3n) is 4.51. The average Bonchev–Trinajstić information content (AvgIpc) is 3.24. The highest BCUT2D eigenvalue weighted by Gasteiger charge is 2.36. The molecule has 1 atom stereocenters. The predicted octanol–water partition coefficient (Wildman–Crippen LogP) is 4.11. The highest BCUT2D eigenvalue weighted by Crippen LogP contribution is 2.28. The first kappa shape index (κ1) is 17.9. The summed E-state index contributed by atoms with van der Waals surface area (Å²) in [7, 11) is 0. The summed E-state index contributed by atoms with van der Waals surface area (Å²) in [4.78, 5) is 31.8. The van der Waals surface area contributed by atoms with Gasteiger partial charge in [-0.2, -0.15) is 0 Å². The van der Waals surface area contributed by atoms with Gasteiger partial charge >= 0.3 is 0 Å². The molecule has 0 bridgehead atoms. The minimum atomic E-state index is -0.616. The molecule has 0 spiro atoms. The summed E-state index contributed by atoms with van der Waals surface area (Å²) < 4.78 is 0.835. The maximum Gasteiger partial charge on any atom is 0.255 e. The van der Waals surface area contributed by atoms with Crippen LogP contribution in [0.25, 0.3) is 0 Å². The molecule has 0 saturated carbocycles. The topological polar surface area (TPSA) is 62.3 Å². The number of halogens is 1. The highest BCUT2D eigenvalue weighted by molar-refractivity contribution is 9.11. The van der Waals surface area contributed by atoms with Gasteiger partial charge in [-0.05, 0) is 33.1 Å². The van der Waals surface area contributed by atoms with E-state index in [9.17, 15) is 9.59 Å². The van der Waals surface area contributed by atoms with E-state index in [2.05, 4.69) is 26.2 Å². The fourth-order valence-electron chi connectivity index (χ4n) is 3.21. The van der Waals surface area contributed by atoms with Crippen LogP contribution in [0, 0.1) is 0 Å². The van der Waals surface area contributed by atoms with Gasteiger partial charge in [0.1, 0.15) is 6.04 Å². The maximum atomic E-state index is 13.1. The summed E-state index contributed by atoms with van der Waals surface area (Å²) in [6.07, 6.45) is 2.09. The van der Waals surface area contributed by atoms with E-state index in [1.54, 1.807) is 11.1 Å². The highest BCUT2D eigenvalue weighted by atomic mass is 79.9. The summed E-state index contributed by atoms with van der Waals surface area (Å²) in [5.41, 5.74) is 2.62. The number of aromatic nitrogens is 1. The van der Waals surface area contributed by atoms with Crippen molar-refractivity contribution in [1.82, 2.24) is 9.88 Å². The number of hydrogen-bond acceptors (Lipinski definition) is 4. The van der Waals surface area contributed by atoms with Gasteiger partial charge < -0.3 is 10.2 Å². The van der Waals surface area contributed by atoms with Crippen molar-refractivity contribution in [3.63, 3.8) is 0 Å². The molecule has 27 heavy (non-hydrogen) atoms. The molecule has 2 amide bonds. The molecule has 1 aliphatic heterocycles. The molecule has 0 saturated heterocycles. The molecule has 4 rings (SSSR count). The van der Waals surface area contributed by atoms with E-state index in [-0.39, 0.29) is 11.8 Å². The molecule has 2 heterocycles. The molecule has 0 aliphatic carbocycles. The van der Waals surface area contributed by atoms with Crippen LogP contribution in [-0.2, 0) is 17.8 Å². The average molecular weight is 442 g/mol. The molecule has 1 N–H and O–H groups in total. The number of nitrogens with zero attached hydrogens (tertiary/aromatic N) is 2. The predicted molar refractivity (Wildman–Crippen MR) is 109 cm³/mol. The summed E-state index contributed by atoms with van der Waals surface area (Å²) in [5.74, 6) is -0.344. The fraction of sp³-hybridized carbons (Fsp3) is 0.150. The van der Waals surface area contributed by atoms with E-state index in [0.29, 0.717) is 23.7 Å². The van der Waals surface area contributed by atoms with Gasteiger partial charge in [0.25, 0.3) is 5.91 Å². The van der Waals surface area contributed by atoms with Gasteiger partial charge in [-0.25, -0.2) is 4.98 Å². The SMILES string of the molecule is O=C(Nc1ncc(Br)s1)C(Cc1ccccc1)N1Cc2ccccc2C1=O. The van der Waals surface area contributed by atoms with Crippen molar-refractivity contribution < 1.29 is 9.59 Å². The van der Waals surface area contributed by atoms with Gasteiger partial charge in [-0.3, -0.25) is 9.59 Å². The van der Waals surface area contributed by atoms with E-state index >= 15 is 0 Å². The van der Waals surface area contributed by atoms with Gasteiger partial charge in [-0.15, -0.1) is 0 Å². The number of amides is 2. The Kier molecular flexibility index (Phi) is 5.05. The van der Waals surface area contributed by atoms with E-state index < -0.39 is 6.04 Å². The normalized spacial score (nSPS) is 14.1. The van der Waals surface area contributed by atoms with Crippen molar-refractivity contribution in [1.29, 1.82) is 0 Å². The second-order valence-electron chi connectivity index (χ2n) is 6.25. The van der Waals surface area contributed by atoms with Gasteiger partial charge in [0.05, 0.1) is 9.98 Å². The van der Waals surface area contributed by atoms with E-state index in [4.69, 9.17) is 0 Å². The Morgan fingerprint density at radius 2 is 1.93 bits per heavy atom. The Morgan fingerprint density at radius 1 is 1.19 bits per heavy atom. The second-order valence-corrected chi connectivity index (χ2v) is 8.66. The zero-order valence-corrected chi connectivity index (χ0v) is 16.7. The summed E-state index contributed by atoms with van der Waals surface area (Å²) >= 11 is 4.69. The number of anilines is 1. The van der Waals surface area contributed by atoms with Crippen molar-refractivity contribution in [2.24, 2.45) is 0 Å². The molecule has 1 aromatic heterocycles. The number of fused-ring (bicyclic) bond motifs is 1. The Bertz CT molecular complexity index is 990. The Hall–Kier alpha value is -2.51. The largest absolute Gasteiger partial charge is 0.322 e. The first-order chi connectivity index (χ1) is 13.1. The molecule has 2 aromatic carbocycles. The maximum absolute atomic E-state index is 13.1. The number of thiazole rings is 1. The summed E-state index contributed by atoms with van der Waals surface area (Å²) in [5, 5.41) is 3.36. The quantitative estimate of drug-likeness (QED) is 0.647. The molecule has 0 fully saturated rings.